The predicted octanol–water partition coefficient (Wildman–Crippen LogP) is 1.55. The summed E-state index contributed by atoms with van der Waals surface area (Å²) >= 11 is 0. The number of rotatable bonds is 4. The van der Waals surface area contributed by atoms with E-state index >= 15 is 0 Å². The Morgan fingerprint density at radius 3 is 2.36 bits per heavy atom. The molecular formula is C18H21N5O2. The quantitative estimate of drug-likeness (QED) is 0.886. The van der Waals surface area contributed by atoms with Crippen LogP contribution in [0, 0.1) is 0 Å². The van der Waals surface area contributed by atoms with Gasteiger partial charge in [-0.15, -0.1) is 0 Å². The van der Waals surface area contributed by atoms with Crippen molar-refractivity contribution in [3.8, 4) is 0 Å². The van der Waals surface area contributed by atoms with Crippen molar-refractivity contribution < 1.29 is 9.59 Å². The molecule has 1 fully saturated rings. The third-order valence-corrected chi connectivity index (χ3v) is 4.04. The number of anilines is 2. The van der Waals surface area contributed by atoms with Gasteiger partial charge in [-0.2, -0.15) is 0 Å². The van der Waals surface area contributed by atoms with Crippen molar-refractivity contribution in [2.24, 2.45) is 0 Å². The summed E-state index contributed by atoms with van der Waals surface area (Å²) < 4.78 is 0. The summed E-state index contributed by atoms with van der Waals surface area (Å²) in [6.07, 6.45) is 1.77. The maximum absolute atomic E-state index is 12.2. The summed E-state index contributed by atoms with van der Waals surface area (Å²) in [5.41, 5.74) is 0.691. The number of aromatic nitrogens is 1. The van der Waals surface area contributed by atoms with Crippen molar-refractivity contribution in [2.75, 3.05) is 42.9 Å². The molecule has 0 unspecified atom stereocenters. The van der Waals surface area contributed by atoms with E-state index < -0.39 is 0 Å². The molecule has 3 amide bonds. The second kappa shape index (κ2) is 8.14. The highest BCUT2D eigenvalue weighted by Gasteiger charge is 2.21. The number of urea groups is 1. The van der Waals surface area contributed by atoms with Crippen molar-refractivity contribution in [2.45, 2.75) is 0 Å². The van der Waals surface area contributed by atoms with E-state index in [0.717, 1.165) is 18.9 Å². The number of piperazine rings is 1. The van der Waals surface area contributed by atoms with Gasteiger partial charge in [0.05, 0.1) is 6.54 Å². The molecule has 2 heterocycles. The fourth-order valence-electron chi connectivity index (χ4n) is 2.69. The van der Waals surface area contributed by atoms with Crippen LogP contribution in [0.4, 0.5) is 16.3 Å². The molecule has 3 rings (SSSR count). The summed E-state index contributed by atoms with van der Waals surface area (Å²) in [6.45, 7) is 2.70. The summed E-state index contributed by atoms with van der Waals surface area (Å²) in [4.78, 5) is 32.3. The second-order valence-corrected chi connectivity index (χ2v) is 5.73. The van der Waals surface area contributed by atoms with Crippen molar-refractivity contribution in [3.05, 3.63) is 54.7 Å². The molecule has 0 radical (unpaired) electrons. The first-order valence-corrected chi connectivity index (χ1v) is 8.26. The summed E-state index contributed by atoms with van der Waals surface area (Å²) in [5.74, 6) is 0.846. The van der Waals surface area contributed by atoms with Crippen molar-refractivity contribution in [3.63, 3.8) is 0 Å². The minimum absolute atomic E-state index is 0.0117. The van der Waals surface area contributed by atoms with Gasteiger partial charge in [0.2, 0.25) is 5.91 Å². The first-order valence-electron chi connectivity index (χ1n) is 8.26. The Morgan fingerprint density at radius 1 is 0.960 bits per heavy atom. The molecular weight excluding hydrogens is 318 g/mol. The first kappa shape index (κ1) is 16.8. The van der Waals surface area contributed by atoms with Crippen LogP contribution in [0.3, 0.4) is 0 Å². The highest BCUT2D eigenvalue weighted by atomic mass is 16.2. The molecule has 130 valence electrons. The Bertz CT molecular complexity index is 700. The summed E-state index contributed by atoms with van der Waals surface area (Å²) in [6, 6.07) is 14.5. The van der Waals surface area contributed by atoms with Crippen LogP contribution in [0.5, 0.6) is 0 Å². The van der Waals surface area contributed by atoms with Crippen molar-refractivity contribution in [1.82, 2.24) is 15.2 Å². The second-order valence-electron chi connectivity index (χ2n) is 5.73. The molecule has 1 aromatic heterocycles. The molecule has 1 aliphatic heterocycles. The van der Waals surface area contributed by atoms with Crippen LogP contribution in [-0.2, 0) is 4.79 Å². The molecule has 1 saturated heterocycles. The molecule has 0 bridgehead atoms. The molecule has 2 N–H and O–H groups in total. The van der Waals surface area contributed by atoms with E-state index in [2.05, 4.69) is 20.5 Å². The topological polar surface area (TPSA) is 77.6 Å². The number of pyridine rings is 1. The Balaban J connectivity index is 1.41. The third kappa shape index (κ3) is 4.69. The van der Waals surface area contributed by atoms with Gasteiger partial charge in [0.1, 0.15) is 5.82 Å². The molecule has 7 nitrogen and oxygen atoms in total. The number of carbonyl (C=O) groups is 2. The molecule has 7 heteroatoms. The number of nitrogens with one attached hydrogen (secondary N) is 2. The number of para-hydroxylation sites is 1. The maximum atomic E-state index is 12.2. The Labute approximate surface area is 146 Å². The zero-order valence-corrected chi connectivity index (χ0v) is 13.9. The molecule has 0 atom stereocenters. The van der Waals surface area contributed by atoms with Gasteiger partial charge >= 0.3 is 6.03 Å². The van der Waals surface area contributed by atoms with E-state index in [1.165, 1.54) is 0 Å². The van der Waals surface area contributed by atoms with Crippen LogP contribution < -0.4 is 15.5 Å². The first-order chi connectivity index (χ1) is 12.2. The third-order valence-electron chi connectivity index (χ3n) is 4.04. The minimum Gasteiger partial charge on any atom is -0.353 e. The van der Waals surface area contributed by atoms with Gasteiger partial charge in [0.15, 0.2) is 0 Å². The van der Waals surface area contributed by atoms with Gasteiger partial charge in [-0.25, -0.2) is 9.78 Å². The molecule has 2 aromatic rings. The average Bonchev–Trinajstić information content (AvgIpc) is 2.68. The van der Waals surface area contributed by atoms with Crippen molar-refractivity contribution >= 4 is 23.4 Å². The lowest BCUT2D eigenvalue weighted by molar-refractivity contribution is -0.130. The van der Waals surface area contributed by atoms with E-state index in [1.807, 2.05) is 36.4 Å². The summed E-state index contributed by atoms with van der Waals surface area (Å²) in [5, 5.41) is 5.30. The lowest BCUT2D eigenvalue weighted by atomic mass is 10.3. The Hall–Kier alpha value is -3.09. The molecule has 25 heavy (non-hydrogen) atoms. The van der Waals surface area contributed by atoms with Gasteiger partial charge in [0, 0.05) is 38.1 Å². The fraction of sp³-hybridized carbons (Fsp3) is 0.278. The maximum Gasteiger partial charge on any atom is 0.319 e. The number of carbonyl (C=O) groups excluding carboxylic acids is 2. The van der Waals surface area contributed by atoms with E-state index in [-0.39, 0.29) is 18.5 Å². The van der Waals surface area contributed by atoms with Gasteiger partial charge in [-0.05, 0) is 24.3 Å². The monoisotopic (exact) mass is 339 g/mol. The van der Waals surface area contributed by atoms with E-state index in [1.54, 1.807) is 23.2 Å². The Kier molecular flexibility index (Phi) is 5.46. The summed E-state index contributed by atoms with van der Waals surface area (Å²) in [7, 11) is 0. The number of hydrogen-bond donors (Lipinski definition) is 2. The highest BCUT2D eigenvalue weighted by Crippen LogP contribution is 2.12. The molecule has 0 aliphatic carbocycles. The lowest BCUT2D eigenvalue weighted by Gasteiger charge is -2.35. The van der Waals surface area contributed by atoms with Crippen LogP contribution in [0.15, 0.2) is 54.7 Å². The molecule has 1 aliphatic rings. The van der Waals surface area contributed by atoms with Crippen LogP contribution in [-0.4, -0.2) is 54.5 Å². The highest BCUT2D eigenvalue weighted by molar-refractivity contribution is 5.92. The molecule has 1 aromatic carbocycles. The predicted molar refractivity (Wildman–Crippen MR) is 96.5 cm³/mol. The van der Waals surface area contributed by atoms with Gasteiger partial charge < -0.3 is 20.4 Å². The zero-order chi connectivity index (χ0) is 17.5. The van der Waals surface area contributed by atoms with Crippen molar-refractivity contribution in [1.29, 1.82) is 0 Å². The number of hydrogen-bond acceptors (Lipinski definition) is 4. The largest absolute Gasteiger partial charge is 0.353 e. The van der Waals surface area contributed by atoms with Gasteiger partial charge in [0.25, 0.3) is 0 Å². The van der Waals surface area contributed by atoms with Crippen LogP contribution >= 0.6 is 0 Å². The van der Waals surface area contributed by atoms with E-state index in [9.17, 15) is 9.59 Å². The number of benzene rings is 1. The SMILES string of the molecule is O=C(NCC(=O)N1CCN(c2ccccn2)CC1)Nc1ccccc1. The van der Waals surface area contributed by atoms with Crippen LogP contribution in [0.1, 0.15) is 0 Å². The zero-order valence-electron chi connectivity index (χ0n) is 13.9. The fourth-order valence-corrected chi connectivity index (χ4v) is 2.69. The van der Waals surface area contributed by atoms with E-state index in [0.29, 0.717) is 18.8 Å². The molecule has 0 saturated carbocycles. The van der Waals surface area contributed by atoms with Gasteiger partial charge in [-0.1, -0.05) is 24.3 Å². The molecule has 0 spiro atoms. The smallest absolute Gasteiger partial charge is 0.319 e. The van der Waals surface area contributed by atoms with Crippen LogP contribution in [0.2, 0.25) is 0 Å². The number of nitrogens with zero attached hydrogens (tertiary/aromatic N) is 3. The van der Waals surface area contributed by atoms with Crippen LogP contribution in [0.25, 0.3) is 0 Å². The van der Waals surface area contributed by atoms with E-state index in [4.69, 9.17) is 0 Å². The lowest BCUT2D eigenvalue weighted by Crippen LogP contribution is -2.51. The van der Waals surface area contributed by atoms with Gasteiger partial charge in [-0.3, -0.25) is 4.79 Å². The Morgan fingerprint density at radius 2 is 1.68 bits per heavy atom. The minimum atomic E-state index is -0.383. The average molecular weight is 339 g/mol. The normalized spacial score (nSPS) is 14.1. The standard InChI is InChI=1S/C18H21N5O2/c24-17(14-20-18(25)21-15-6-2-1-3-7-15)23-12-10-22(11-13-23)16-8-4-5-9-19-16/h1-9H,10-14H2,(H2,20,21,25). The number of amides is 3.